The minimum atomic E-state index is -0.321. The van der Waals surface area contributed by atoms with Crippen molar-refractivity contribution in [3.8, 4) is 0 Å². The fourth-order valence-electron chi connectivity index (χ4n) is 11.2. The van der Waals surface area contributed by atoms with Gasteiger partial charge in [-0.25, -0.2) is 0 Å². The second-order valence-corrected chi connectivity index (χ2v) is 13.3. The third kappa shape index (κ3) is 1.87. The molecule has 0 bridgehead atoms. The third-order valence-corrected chi connectivity index (χ3v) is 12.8. The SMILES string of the molecule is C[C@@H]1CCOC2[C@H]1C1(C)CCC34CC35CCC(O)C(C)(C)[C@@H]5CCC4[C@]1(C)[C@H]2O. The molecule has 3 heteroatoms. The van der Waals surface area contributed by atoms with Crippen LogP contribution in [0.2, 0.25) is 0 Å². The van der Waals surface area contributed by atoms with E-state index in [1.54, 1.807) is 0 Å². The van der Waals surface area contributed by atoms with Crippen molar-refractivity contribution in [2.45, 2.75) is 104 Å². The molecule has 0 aromatic carbocycles. The lowest BCUT2D eigenvalue weighted by atomic mass is 9.41. The molecule has 6 fully saturated rings. The minimum absolute atomic E-state index is 0.0339. The molecule has 0 amide bonds. The van der Waals surface area contributed by atoms with Gasteiger partial charge in [-0.3, -0.25) is 0 Å². The maximum atomic E-state index is 11.8. The maximum Gasteiger partial charge on any atom is 0.0875 e. The highest BCUT2D eigenvalue weighted by molar-refractivity contribution is 5.32. The normalized spacial score (nSPS) is 64.9. The second-order valence-electron chi connectivity index (χ2n) is 13.3. The molecule has 0 radical (unpaired) electrons. The highest BCUT2D eigenvalue weighted by Gasteiger charge is 2.84. The number of aliphatic hydroxyl groups is 2. The highest BCUT2D eigenvalue weighted by Crippen LogP contribution is 2.89. The summed E-state index contributed by atoms with van der Waals surface area (Å²) in [5.74, 6) is 2.43. The van der Waals surface area contributed by atoms with Gasteiger partial charge in [0.05, 0.1) is 18.3 Å². The van der Waals surface area contributed by atoms with Gasteiger partial charge in [0.25, 0.3) is 0 Å². The number of fused-ring (bicyclic) bond motifs is 4. The Hall–Kier alpha value is -0.120. The molecule has 5 saturated carbocycles. The van der Waals surface area contributed by atoms with Crippen molar-refractivity contribution in [1.29, 1.82) is 0 Å². The van der Waals surface area contributed by atoms with Gasteiger partial charge in [-0.05, 0) is 96.7 Å². The average molecular weight is 403 g/mol. The van der Waals surface area contributed by atoms with E-state index in [4.69, 9.17) is 4.74 Å². The molecule has 0 aromatic heterocycles. The molecule has 164 valence electrons. The summed E-state index contributed by atoms with van der Waals surface area (Å²) in [6.45, 7) is 12.9. The number of hydrogen-bond acceptors (Lipinski definition) is 3. The van der Waals surface area contributed by atoms with Crippen LogP contribution < -0.4 is 0 Å². The summed E-state index contributed by atoms with van der Waals surface area (Å²) in [6.07, 6.45) is 9.33. The average Bonchev–Trinajstić information content (AvgIpc) is 3.30. The number of rotatable bonds is 0. The molecule has 6 aliphatic rings. The van der Waals surface area contributed by atoms with E-state index in [2.05, 4.69) is 34.6 Å². The van der Waals surface area contributed by atoms with Crippen molar-refractivity contribution >= 4 is 0 Å². The third-order valence-electron chi connectivity index (χ3n) is 12.8. The van der Waals surface area contributed by atoms with Crippen LogP contribution in [0, 0.1) is 50.7 Å². The van der Waals surface area contributed by atoms with E-state index < -0.39 is 0 Å². The molecule has 5 aliphatic carbocycles. The van der Waals surface area contributed by atoms with Crippen molar-refractivity contribution in [1.82, 2.24) is 0 Å². The zero-order valence-corrected chi connectivity index (χ0v) is 19.2. The summed E-state index contributed by atoms with van der Waals surface area (Å²) in [4.78, 5) is 0. The highest BCUT2D eigenvalue weighted by atomic mass is 16.5. The molecule has 2 N–H and O–H groups in total. The predicted octanol–water partition coefficient (Wildman–Crippen LogP) is 4.79. The van der Waals surface area contributed by atoms with Gasteiger partial charge in [0.2, 0.25) is 0 Å². The maximum absolute atomic E-state index is 11.8. The quantitative estimate of drug-likeness (QED) is 0.612. The van der Waals surface area contributed by atoms with Gasteiger partial charge in [-0.1, -0.05) is 34.6 Å². The van der Waals surface area contributed by atoms with Gasteiger partial charge in [0.15, 0.2) is 0 Å². The predicted molar refractivity (Wildman–Crippen MR) is 113 cm³/mol. The molecule has 6 rings (SSSR count). The van der Waals surface area contributed by atoms with Crippen LogP contribution in [0.3, 0.4) is 0 Å². The molecular formula is C26H42O3. The molecule has 11 atom stereocenters. The molecule has 3 nitrogen and oxygen atoms in total. The Morgan fingerprint density at radius 1 is 0.828 bits per heavy atom. The molecule has 1 heterocycles. The van der Waals surface area contributed by atoms with E-state index in [1.807, 2.05) is 0 Å². The largest absolute Gasteiger partial charge is 0.393 e. The van der Waals surface area contributed by atoms with Crippen molar-refractivity contribution in [3.05, 3.63) is 0 Å². The molecule has 1 saturated heterocycles. The Bertz CT molecular complexity index is 733. The van der Waals surface area contributed by atoms with Gasteiger partial charge in [-0.2, -0.15) is 0 Å². The van der Waals surface area contributed by atoms with E-state index in [0.29, 0.717) is 34.5 Å². The Kier molecular flexibility index (Phi) is 3.67. The minimum Gasteiger partial charge on any atom is -0.393 e. The topological polar surface area (TPSA) is 49.7 Å². The van der Waals surface area contributed by atoms with E-state index in [-0.39, 0.29) is 34.6 Å². The lowest BCUT2D eigenvalue weighted by Crippen LogP contribution is -2.59. The first-order valence-electron chi connectivity index (χ1n) is 12.5. The zero-order valence-electron chi connectivity index (χ0n) is 19.2. The molecule has 29 heavy (non-hydrogen) atoms. The van der Waals surface area contributed by atoms with E-state index in [1.165, 1.54) is 38.5 Å². The van der Waals surface area contributed by atoms with Crippen LogP contribution in [0.15, 0.2) is 0 Å². The zero-order chi connectivity index (χ0) is 20.6. The lowest BCUT2D eigenvalue weighted by molar-refractivity contribution is -0.182. The summed E-state index contributed by atoms with van der Waals surface area (Å²) in [6, 6.07) is 0. The van der Waals surface area contributed by atoms with Gasteiger partial charge < -0.3 is 14.9 Å². The molecule has 2 spiro atoms. The summed E-state index contributed by atoms with van der Waals surface area (Å²) in [5.41, 5.74) is 1.04. The molecule has 1 aliphatic heterocycles. The first kappa shape index (κ1) is 19.6. The number of aliphatic hydroxyl groups excluding tert-OH is 2. The van der Waals surface area contributed by atoms with Crippen molar-refractivity contribution in [2.24, 2.45) is 50.7 Å². The summed E-state index contributed by atoms with van der Waals surface area (Å²) in [5, 5.41) is 22.6. The van der Waals surface area contributed by atoms with Crippen molar-refractivity contribution < 1.29 is 14.9 Å². The molecule has 6 unspecified atom stereocenters. The van der Waals surface area contributed by atoms with Crippen LogP contribution in [-0.2, 0) is 4.74 Å². The number of hydrogen-bond donors (Lipinski definition) is 2. The van der Waals surface area contributed by atoms with E-state index >= 15 is 0 Å². The van der Waals surface area contributed by atoms with Crippen molar-refractivity contribution in [3.63, 3.8) is 0 Å². The van der Waals surface area contributed by atoms with Crippen LogP contribution in [0.25, 0.3) is 0 Å². The Labute approximate surface area is 177 Å². The van der Waals surface area contributed by atoms with Gasteiger partial charge in [-0.15, -0.1) is 0 Å². The molecule has 0 aromatic rings. The fraction of sp³-hybridized carbons (Fsp3) is 1.00. The first-order valence-corrected chi connectivity index (χ1v) is 12.5. The van der Waals surface area contributed by atoms with Crippen LogP contribution in [-0.4, -0.2) is 35.1 Å². The standard InChI is InChI=1S/C26H42O3/c1-15-9-13-29-20-19(15)23(4)11-12-26-14-25(26)10-8-18(27)22(2,3)16(25)6-7-17(26)24(23,5)21(20)28/h15-21,27-28H,6-14H2,1-5H3/t15-,16+,17?,18?,19+,20?,21+,23?,24-,25?,26?/m1/s1. The first-order chi connectivity index (χ1) is 13.6. The van der Waals surface area contributed by atoms with Crippen LogP contribution in [0.4, 0.5) is 0 Å². The summed E-state index contributed by atoms with van der Waals surface area (Å²) < 4.78 is 6.30. The Morgan fingerprint density at radius 3 is 2.28 bits per heavy atom. The fourth-order valence-corrected chi connectivity index (χ4v) is 11.2. The van der Waals surface area contributed by atoms with Crippen LogP contribution in [0.5, 0.6) is 0 Å². The van der Waals surface area contributed by atoms with E-state index in [0.717, 1.165) is 19.4 Å². The van der Waals surface area contributed by atoms with E-state index in [9.17, 15) is 10.2 Å². The molecular weight excluding hydrogens is 360 g/mol. The van der Waals surface area contributed by atoms with Gasteiger partial charge in [0.1, 0.15) is 0 Å². The van der Waals surface area contributed by atoms with Gasteiger partial charge >= 0.3 is 0 Å². The van der Waals surface area contributed by atoms with Crippen LogP contribution in [0.1, 0.15) is 86.0 Å². The number of ether oxygens (including phenoxy) is 1. The Balaban J connectivity index is 1.43. The van der Waals surface area contributed by atoms with Crippen LogP contribution >= 0.6 is 0 Å². The monoisotopic (exact) mass is 402 g/mol. The van der Waals surface area contributed by atoms with Gasteiger partial charge in [0, 0.05) is 12.0 Å². The second kappa shape index (κ2) is 5.44. The Morgan fingerprint density at radius 2 is 1.52 bits per heavy atom. The van der Waals surface area contributed by atoms with Crippen molar-refractivity contribution in [2.75, 3.05) is 6.61 Å². The summed E-state index contributed by atoms with van der Waals surface area (Å²) >= 11 is 0. The lowest BCUT2D eigenvalue weighted by Gasteiger charge is -2.63. The summed E-state index contributed by atoms with van der Waals surface area (Å²) in [7, 11) is 0. The smallest absolute Gasteiger partial charge is 0.0875 e.